The highest BCUT2D eigenvalue weighted by Gasteiger charge is 2.47. The normalized spacial score (nSPS) is 24.7. The number of hydrogen-bond acceptors (Lipinski definition) is 6. The van der Waals surface area contributed by atoms with Crippen LogP contribution in [0.15, 0.2) is 46.1 Å². The van der Waals surface area contributed by atoms with E-state index in [0.29, 0.717) is 12.2 Å². The van der Waals surface area contributed by atoms with Gasteiger partial charge in [0, 0.05) is 11.8 Å². The quantitative estimate of drug-likeness (QED) is 0.707. The molecule has 3 atom stereocenters. The van der Waals surface area contributed by atoms with Crippen molar-refractivity contribution in [2.75, 3.05) is 12.8 Å². The molecule has 2 aromatic rings. The van der Waals surface area contributed by atoms with E-state index in [9.17, 15) is 14.2 Å². The molecule has 28 heavy (non-hydrogen) atoms. The molecule has 0 aliphatic carbocycles. The predicted molar refractivity (Wildman–Crippen MR) is 105 cm³/mol. The highest BCUT2D eigenvalue weighted by molar-refractivity contribution is 7.59. The highest BCUT2D eigenvalue weighted by Crippen LogP contribution is 2.61. The molecule has 0 radical (unpaired) electrons. The van der Waals surface area contributed by atoms with Crippen LogP contribution < -0.4 is 11.2 Å². The van der Waals surface area contributed by atoms with Crippen molar-refractivity contribution in [1.82, 2.24) is 9.55 Å². The van der Waals surface area contributed by atoms with Crippen LogP contribution >= 0.6 is 7.37 Å². The second-order valence-electron chi connectivity index (χ2n) is 7.09. The third kappa shape index (κ3) is 4.70. The second kappa shape index (κ2) is 8.57. The van der Waals surface area contributed by atoms with Gasteiger partial charge in [-0.15, -0.1) is 0 Å². The molecule has 1 saturated heterocycles. The minimum atomic E-state index is -3.22. The van der Waals surface area contributed by atoms with E-state index in [-0.39, 0.29) is 18.9 Å². The molecule has 0 spiro atoms. The molecule has 2 unspecified atom stereocenters. The zero-order chi connectivity index (χ0) is 20.3. The third-order valence-corrected chi connectivity index (χ3v) is 7.13. The number of nitrogens with one attached hydrogen (secondary N) is 1. The van der Waals surface area contributed by atoms with Crippen LogP contribution in [0.25, 0.3) is 0 Å². The summed E-state index contributed by atoms with van der Waals surface area (Å²) in [5, 5.41) is 0. The summed E-state index contributed by atoms with van der Waals surface area (Å²) in [6.07, 6.45) is 0.395. The Balaban J connectivity index is 1.78. The van der Waals surface area contributed by atoms with Crippen LogP contribution in [0.2, 0.25) is 0 Å². The molecule has 0 saturated carbocycles. The predicted octanol–water partition coefficient (Wildman–Crippen LogP) is 2.62. The maximum atomic E-state index is 13.4. The lowest BCUT2D eigenvalue weighted by molar-refractivity contribution is -0.0326. The number of aromatic nitrogens is 2. The fraction of sp³-hybridized carbons (Fsp3) is 0.474. The number of aryl methyl sites for hydroxylation is 1. The zero-order valence-electron chi connectivity index (χ0n) is 16.2. The molecule has 1 aromatic carbocycles. The summed E-state index contributed by atoms with van der Waals surface area (Å²) in [6, 6.07) is 9.62. The van der Waals surface area contributed by atoms with E-state index in [4.69, 9.17) is 14.0 Å². The van der Waals surface area contributed by atoms with E-state index >= 15 is 0 Å². The Kier molecular flexibility index (Phi) is 6.35. The summed E-state index contributed by atoms with van der Waals surface area (Å²) in [4.78, 5) is 26.0. The number of benzene rings is 1. The van der Waals surface area contributed by atoms with Gasteiger partial charge >= 0.3 is 5.69 Å². The first-order valence-electron chi connectivity index (χ1n) is 9.15. The molecular weight excluding hydrogens is 383 g/mol. The lowest BCUT2D eigenvalue weighted by atomic mass is 10.2. The average Bonchev–Trinajstić information content (AvgIpc) is 2.94. The van der Waals surface area contributed by atoms with E-state index in [2.05, 4.69) is 4.98 Å². The van der Waals surface area contributed by atoms with Gasteiger partial charge in [0.1, 0.15) is 6.23 Å². The van der Waals surface area contributed by atoms with Gasteiger partial charge in [-0.25, -0.2) is 4.79 Å². The number of rotatable bonds is 7. The number of nitrogens with zero attached hydrogens (tertiary/aromatic N) is 1. The van der Waals surface area contributed by atoms with E-state index < -0.39 is 30.7 Å². The molecule has 1 fully saturated rings. The molecule has 1 N–H and O–H groups in total. The first-order valence-corrected chi connectivity index (χ1v) is 11.0. The molecule has 1 aliphatic heterocycles. The van der Waals surface area contributed by atoms with Crippen molar-refractivity contribution >= 4 is 7.37 Å². The molecule has 152 valence electrons. The standard InChI is InChI=1S/C19H25N2O6P/c1-13(2)27-28(24)12-16(21-9-14(3)18(22)20-19(21)23)26-17(28)11-25-10-15-7-5-4-6-8-15/h4-9,13,16-17H,10-12H2,1-3H3,(H,20,22,23)/t16?,17-,28?/m0/s1. The number of ether oxygens (including phenoxy) is 2. The average molecular weight is 408 g/mol. The fourth-order valence-corrected chi connectivity index (χ4v) is 5.60. The summed E-state index contributed by atoms with van der Waals surface area (Å²) >= 11 is 0. The van der Waals surface area contributed by atoms with Gasteiger partial charge in [-0.3, -0.25) is 18.9 Å². The van der Waals surface area contributed by atoms with Crippen LogP contribution in [-0.2, 0) is 25.2 Å². The number of hydrogen-bond donors (Lipinski definition) is 1. The topological polar surface area (TPSA) is 99.6 Å². The lowest BCUT2D eigenvalue weighted by Crippen LogP contribution is -2.34. The molecule has 9 heteroatoms. The van der Waals surface area contributed by atoms with Gasteiger partial charge in [0.2, 0.25) is 7.37 Å². The molecule has 8 nitrogen and oxygen atoms in total. The van der Waals surface area contributed by atoms with E-state index in [0.717, 1.165) is 5.56 Å². The fourth-order valence-electron chi connectivity index (χ4n) is 3.08. The summed E-state index contributed by atoms with van der Waals surface area (Å²) < 4.78 is 32.0. The molecule has 0 amide bonds. The number of H-pyrrole nitrogens is 1. The van der Waals surface area contributed by atoms with Crippen molar-refractivity contribution < 1.29 is 18.6 Å². The smallest absolute Gasteiger partial charge is 0.330 e. The van der Waals surface area contributed by atoms with Gasteiger partial charge in [-0.2, -0.15) is 0 Å². The highest BCUT2D eigenvalue weighted by atomic mass is 31.2. The van der Waals surface area contributed by atoms with Crippen LogP contribution in [0.5, 0.6) is 0 Å². The second-order valence-corrected chi connectivity index (χ2v) is 9.69. The van der Waals surface area contributed by atoms with Crippen LogP contribution in [0.1, 0.15) is 31.2 Å². The Morgan fingerprint density at radius 2 is 2.00 bits per heavy atom. The molecule has 3 rings (SSSR count). The first kappa shape index (κ1) is 20.7. The maximum absolute atomic E-state index is 13.4. The monoisotopic (exact) mass is 408 g/mol. The van der Waals surface area contributed by atoms with Crippen molar-refractivity contribution in [3.8, 4) is 0 Å². The minimum Gasteiger partial charge on any atom is -0.373 e. The molecule has 0 bridgehead atoms. The van der Waals surface area contributed by atoms with Gasteiger partial charge in [0.25, 0.3) is 5.56 Å². The Morgan fingerprint density at radius 1 is 1.29 bits per heavy atom. The van der Waals surface area contributed by atoms with Crippen molar-refractivity contribution in [1.29, 1.82) is 0 Å². The van der Waals surface area contributed by atoms with Crippen molar-refractivity contribution in [2.24, 2.45) is 0 Å². The van der Waals surface area contributed by atoms with E-state index in [1.165, 1.54) is 10.8 Å². The summed E-state index contributed by atoms with van der Waals surface area (Å²) in [7, 11) is -3.22. The third-order valence-electron chi connectivity index (χ3n) is 4.38. The van der Waals surface area contributed by atoms with Gasteiger partial charge in [-0.05, 0) is 26.3 Å². The SMILES string of the molecule is Cc1cn(C2CP(=O)(OC(C)C)[C@@H](COCc3ccccc3)O2)c(=O)[nH]c1=O. The Morgan fingerprint density at radius 3 is 2.68 bits per heavy atom. The largest absolute Gasteiger partial charge is 0.373 e. The molecule has 1 aromatic heterocycles. The van der Waals surface area contributed by atoms with Crippen LogP contribution in [0, 0.1) is 6.92 Å². The lowest BCUT2D eigenvalue weighted by Gasteiger charge is -2.21. The molecule has 1 aliphatic rings. The van der Waals surface area contributed by atoms with Crippen LogP contribution in [0.3, 0.4) is 0 Å². The number of aromatic amines is 1. The maximum Gasteiger partial charge on any atom is 0.330 e. The first-order chi connectivity index (χ1) is 13.3. The Hall–Kier alpha value is -1.99. The van der Waals surface area contributed by atoms with E-state index in [1.54, 1.807) is 20.8 Å². The summed E-state index contributed by atoms with van der Waals surface area (Å²) in [5.74, 6) is -0.789. The van der Waals surface area contributed by atoms with Gasteiger partial charge in [-0.1, -0.05) is 30.3 Å². The zero-order valence-corrected chi connectivity index (χ0v) is 17.1. The van der Waals surface area contributed by atoms with Crippen molar-refractivity contribution in [2.45, 2.75) is 45.6 Å². The van der Waals surface area contributed by atoms with Gasteiger partial charge in [0.15, 0.2) is 5.85 Å². The molecular formula is C19H25N2O6P. The van der Waals surface area contributed by atoms with Gasteiger partial charge in [0.05, 0.1) is 25.5 Å². The Bertz CT molecular complexity index is 968. The van der Waals surface area contributed by atoms with Gasteiger partial charge < -0.3 is 14.0 Å². The summed E-state index contributed by atoms with van der Waals surface area (Å²) in [6.45, 7) is 5.61. The van der Waals surface area contributed by atoms with Crippen molar-refractivity contribution in [3.63, 3.8) is 0 Å². The minimum absolute atomic E-state index is 0.0376. The van der Waals surface area contributed by atoms with Crippen LogP contribution in [-0.4, -0.2) is 34.3 Å². The summed E-state index contributed by atoms with van der Waals surface area (Å²) in [5.41, 5.74) is 0.293. The molecule has 2 heterocycles. The van der Waals surface area contributed by atoms with Crippen molar-refractivity contribution in [3.05, 3.63) is 68.5 Å². The Labute approximate surface area is 162 Å². The van der Waals surface area contributed by atoms with E-state index in [1.807, 2.05) is 30.3 Å². The van der Waals surface area contributed by atoms with Crippen LogP contribution in [0.4, 0.5) is 0 Å².